The minimum atomic E-state index is -0.957. The van der Waals surface area contributed by atoms with E-state index in [2.05, 4.69) is 74.0 Å². The van der Waals surface area contributed by atoms with Crippen molar-refractivity contribution in [3.05, 3.63) is 71.8 Å². The first-order chi connectivity index (χ1) is 9.19. The highest BCUT2D eigenvalue weighted by Gasteiger charge is 2.50. The zero-order valence-corrected chi connectivity index (χ0v) is 12.7. The second kappa shape index (κ2) is 5.10. The Morgan fingerprint density at radius 1 is 0.684 bits per heavy atom. The van der Waals surface area contributed by atoms with Crippen molar-refractivity contribution in [2.75, 3.05) is 13.3 Å². The van der Waals surface area contributed by atoms with Crippen LogP contribution in [0.15, 0.2) is 60.7 Å². The molecule has 0 nitrogen and oxygen atoms in total. The van der Waals surface area contributed by atoms with Crippen molar-refractivity contribution >= 4 is 7.26 Å². The van der Waals surface area contributed by atoms with Gasteiger partial charge in [-0.15, -0.1) is 0 Å². The Bertz CT molecular complexity index is 481. The van der Waals surface area contributed by atoms with E-state index in [4.69, 9.17) is 0 Å². The van der Waals surface area contributed by atoms with Crippen LogP contribution in [-0.4, -0.2) is 13.3 Å². The van der Waals surface area contributed by atoms with Crippen molar-refractivity contribution in [3.63, 3.8) is 0 Å². The fraction of sp³-hybridized carbons (Fsp3) is 0.333. The maximum absolute atomic E-state index is 2.55. The predicted octanol–water partition coefficient (Wildman–Crippen LogP) is 5.54. The van der Waals surface area contributed by atoms with E-state index >= 15 is 0 Å². The van der Waals surface area contributed by atoms with Crippen LogP contribution in [0.4, 0.5) is 0 Å². The topological polar surface area (TPSA) is 0 Å². The van der Waals surface area contributed by atoms with Gasteiger partial charge in [0.2, 0.25) is 0 Å². The lowest BCUT2D eigenvalue weighted by Gasteiger charge is -2.27. The summed E-state index contributed by atoms with van der Waals surface area (Å²) in [6, 6.07) is 22.3. The third-order valence-corrected chi connectivity index (χ3v) is 9.01. The molecule has 98 valence electrons. The van der Waals surface area contributed by atoms with Crippen molar-refractivity contribution < 1.29 is 0 Å². The Balaban J connectivity index is 1.92. The van der Waals surface area contributed by atoms with Gasteiger partial charge >= 0.3 is 0 Å². The van der Waals surface area contributed by atoms with Gasteiger partial charge in [0.05, 0.1) is 11.3 Å². The zero-order valence-electron chi connectivity index (χ0n) is 11.8. The van der Waals surface area contributed by atoms with Crippen molar-refractivity contribution in [2.24, 2.45) is 0 Å². The van der Waals surface area contributed by atoms with Gasteiger partial charge in [-0.1, -0.05) is 60.7 Å². The molecule has 2 aromatic rings. The Morgan fingerprint density at radius 2 is 1.05 bits per heavy atom. The molecule has 0 amide bonds. The Kier molecular flexibility index (Phi) is 3.46. The highest BCUT2D eigenvalue weighted by atomic mass is 31.2. The average Bonchev–Trinajstić information content (AvgIpc) is 2.76. The summed E-state index contributed by atoms with van der Waals surface area (Å²) < 4.78 is 0. The molecular formula is C18H22P+. The molecule has 1 aliphatic rings. The number of hydrogen-bond acceptors (Lipinski definition) is 0. The SMILES string of the molecule is C[P+]1(C)[C@H](c2ccccc2)CC[C@H]1c1ccccc1. The van der Waals surface area contributed by atoms with Crippen molar-refractivity contribution in [1.82, 2.24) is 0 Å². The van der Waals surface area contributed by atoms with E-state index in [9.17, 15) is 0 Å². The van der Waals surface area contributed by atoms with E-state index in [1.54, 1.807) is 11.1 Å². The van der Waals surface area contributed by atoms with E-state index in [1.165, 1.54) is 12.8 Å². The van der Waals surface area contributed by atoms with Gasteiger partial charge < -0.3 is 0 Å². The highest BCUT2D eigenvalue weighted by molar-refractivity contribution is 7.75. The quantitative estimate of drug-likeness (QED) is 0.628. The molecule has 1 aliphatic heterocycles. The third-order valence-electron chi connectivity index (χ3n) is 4.69. The standard InChI is InChI=1S/C18H22P/c1-19(2)17(15-9-5-3-6-10-15)13-14-18(19)16-11-7-4-8-12-16/h3-12,17-18H,13-14H2,1-2H3/q+1/t17-,18-/m0/s1. The number of hydrogen-bond donors (Lipinski definition) is 0. The van der Waals surface area contributed by atoms with Crippen LogP contribution < -0.4 is 0 Å². The van der Waals surface area contributed by atoms with Crippen LogP contribution in [0.5, 0.6) is 0 Å². The first-order valence-electron chi connectivity index (χ1n) is 7.13. The van der Waals surface area contributed by atoms with Gasteiger partial charge in [-0.3, -0.25) is 0 Å². The molecular weight excluding hydrogens is 247 g/mol. The zero-order chi connectivity index (χ0) is 13.3. The van der Waals surface area contributed by atoms with Gasteiger partial charge in [0.15, 0.2) is 0 Å². The smallest absolute Gasteiger partial charge is 0.0622 e. The minimum absolute atomic E-state index is 0.791. The van der Waals surface area contributed by atoms with Gasteiger partial charge in [-0.05, 0) is 24.0 Å². The lowest BCUT2D eigenvalue weighted by Crippen LogP contribution is -2.02. The van der Waals surface area contributed by atoms with Gasteiger partial charge in [0, 0.05) is 20.6 Å². The van der Waals surface area contributed by atoms with E-state index in [1.807, 2.05) is 0 Å². The van der Waals surface area contributed by atoms with Crippen LogP contribution >= 0.6 is 7.26 Å². The van der Waals surface area contributed by atoms with Crippen LogP contribution in [0.25, 0.3) is 0 Å². The lowest BCUT2D eigenvalue weighted by atomic mass is 10.0. The van der Waals surface area contributed by atoms with E-state index in [0.717, 1.165) is 11.3 Å². The predicted molar refractivity (Wildman–Crippen MR) is 86.4 cm³/mol. The van der Waals surface area contributed by atoms with Gasteiger partial charge in [-0.2, -0.15) is 0 Å². The summed E-state index contributed by atoms with van der Waals surface area (Å²) >= 11 is 0. The molecule has 1 heteroatoms. The fourth-order valence-electron chi connectivity index (χ4n) is 3.65. The maximum atomic E-state index is 2.55. The Morgan fingerprint density at radius 3 is 1.42 bits per heavy atom. The largest absolute Gasteiger partial charge is 0.0947 e. The van der Waals surface area contributed by atoms with E-state index < -0.39 is 7.26 Å². The van der Waals surface area contributed by atoms with Gasteiger partial charge in [0.1, 0.15) is 0 Å². The summed E-state index contributed by atoms with van der Waals surface area (Å²) in [5.74, 6) is 0. The van der Waals surface area contributed by atoms with E-state index in [-0.39, 0.29) is 0 Å². The highest BCUT2D eigenvalue weighted by Crippen LogP contribution is 2.80. The Hall–Kier alpha value is -1.13. The molecule has 0 aliphatic carbocycles. The van der Waals surface area contributed by atoms with Crippen LogP contribution in [-0.2, 0) is 0 Å². The molecule has 0 radical (unpaired) electrons. The minimum Gasteiger partial charge on any atom is -0.0622 e. The molecule has 19 heavy (non-hydrogen) atoms. The molecule has 0 aromatic heterocycles. The summed E-state index contributed by atoms with van der Waals surface area (Å²) in [4.78, 5) is 0. The summed E-state index contributed by atoms with van der Waals surface area (Å²) in [6.07, 6.45) is 2.70. The van der Waals surface area contributed by atoms with Crippen molar-refractivity contribution in [2.45, 2.75) is 24.2 Å². The third kappa shape index (κ3) is 2.35. The lowest BCUT2D eigenvalue weighted by molar-refractivity contribution is 0.765. The normalized spacial score (nSPS) is 25.4. The van der Waals surface area contributed by atoms with Gasteiger partial charge in [-0.25, -0.2) is 0 Å². The summed E-state index contributed by atoms with van der Waals surface area (Å²) in [6.45, 7) is 5.10. The molecule has 2 aromatic carbocycles. The van der Waals surface area contributed by atoms with Crippen molar-refractivity contribution in [3.8, 4) is 0 Å². The maximum Gasteiger partial charge on any atom is 0.0947 e. The molecule has 1 heterocycles. The second-order valence-corrected chi connectivity index (χ2v) is 10.6. The van der Waals surface area contributed by atoms with Gasteiger partial charge in [0.25, 0.3) is 0 Å². The molecule has 2 atom stereocenters. The first kappa shape index (κ1) is 12.9. The second-order valence-electron chi connectivity index (χ2n) is 6.06. The van der Waals surface area contributed by atoms with Crippen LogP contribution in [0.1, 0.15) is 35.3 Å². The summed E-state index contributed by atoms with van der Waals surface area (Å²) in [5, 5.41) is 0. The monoisotopic (exact) mass is 269 g/mol. The molecule has 0 saturated carbocycles. The number of rotatable bonds is 2. The molecule has 1 fully saturated rings. The van der Waals surface area contributed by atoms with Crippen LogP contribution in [0.3, 0.4) is 0 Å². The molecule has 1 saturated heterocycles. The molecule has 3 rings (SSSR count). The van der Waals surface area contributed by atoms with Crippen LogP contribution in [0.2, 0.25) is 0 Å². The Labute approximate surface area is 117 Å². The van der Waals surface area contributed by atoms with Crippen LogP contribution in [0, 0.1) is 0 Å². The molecule has 0 N–H and O–H groups in total. The molecule has 0 bridgehead atoms. The number of benzene rings is 2. The molecule has 0 unspecified atom stereocenters. The first-order valence-corrected chi connectivity index (χ1v) is 9.95. The summed E-state index contributed by atoms with van der Waals surface area (Å²) in [5.41, 5.74) is 4.69. The van der Waals surface area contributed by atoms with Crippen molar-refractivity contribution in [1.29, 1.82) is 0 Å². The summed E-state index contributed by atoms with van der Waals surface area (Å²) in [7, 11) is -0.957. The average molecular weight is 269 g/mol. The van der Waals surface area contributed by atoms with E-state index in [0.29, 0.717) is 0 Å². The fourth-order valence-corrected chi connectivity index (χ4v) is 7.60. The molecule has 0 spiro atoms.